The number of esters is 3. The number of carbonyl (C=O) groups excluding carboxylic acids is 3. The molecular formula is C25H36O7. The van der Waals surface area contributed by atoms with Gasteiger partial charge in [-0.2, -0.15) is 0 Å². The first-order chi connectivity index (χ1) is 15.1. The maximum Gasteiger partial charge on any atom is 0.309 e. The molecule has 0 amide bonds. The van der Waals surface area contributed by atoms with Crippen molar-refractivity contribution in [2.45, 2.75) is 96.6 Å². The van der Waals surface area contributed by atoms with Crippen molar-refractivity contribution in [3.63, 3.8) is 0 Å². The monoisotopic (exact) mass is 448 g/mol. The Morgan fingerprint density at radius 2 is 1.69 bits per heavy atom. The van der Waals surface area contributed by atoms with E-state index in [9.17, 15) is 14.4 Å². The number of carbonyl (C=O) groups is 3. The zero-order chi connectivity index (χ0) is 23.1. The molecular weight excluding hydrogens is 412 g/mol. The SMILES string of the molecule is COC(=O)C1C[C@@H]2O[C@@]23C2CCC4CC(OC(C)=O)CCC4(C)C2[C@H](OC(C)=O)CC13C. The minimum atomic E-state index is -0.399. The highest BCUT2D eigenvalue weighted by molar-refractivity contribution is 5.75. The van der Waals surface area contributed by atoms with Gasteiger partial charge in [0.05, 0.1) is 19.1 Å². The third kappa shape index (κ3) is 2.85. The van der Waals surface area contributed by atoms with Gasteiger partial charge >= 0.3 is 17.9 Å². The van der Waals surface area contributed by atoms with E-state index < -0.39 is 5.41 Å². The number of fused-ring (bicyclic) bond motifs is 3. The van der Waals surface area contributed by atoms with Gasteiger partial charge in [-0.05, 0) is 62.2 Å². The van der Waals surface area contributed by atoms with E-state index in [0.29, 0.717) is 18.8 Å². The van der Waals surface area contributed by atoms with Gasteiger partial charge < -0.3 is 18.9 Å². The van der Waals surface area contributed by atoms with Crippen LogP contribution in [0.1, 0.15) is 72.6 Å². The van der Waals surface area contributed by atoms with Crippen LogP contribution >= 0.6 is 0 Å². The fraction of sp³-hybridized carbons (Fsp3) is 0.880. The highest BCUT2D eigenvalue weighted by atomic mass is 16.6. The van der Waals surface area contributed by atoms with Crippen molar-refractivity contribution in [1.29, 1.82) is 0 Å². The lowest BCUT2D eigenvalue weighted by atomic mass is 9.43. The van der Waals surface area contributed by atoms with E-state index in [2.05, 4.69) is 13.8 Å². The van der Waals surface area contributed by atoms with Crippen LogP contribution in [0.3, 0.4) is 0 Å². The summed E-state index contributed by atoms with van der Waals surface area (Å²) in [6, 6.07) is 0. The molecule has 0 aromatic rings. The summed E-state index contributed by atoms with van der Waals surface area (Å²) in [5.74, 6) is -0.0507. The van der Waals surface area contributed by atoms with Crippen LogP contribution in [0.4, 0.5) is 0 Å². The number of methoxy groups -OCH3 is 1. The normalized spacial score (nSPS) is 50.7. The number of hydrogen-bond donors (Lipinski definition) is 0. The fourth-order valence-electron chi connectivity index (χ4n) is 8.89. The first kappa shape index (κ1) is 22.2. The van der Waals surface area contributed by atoms with Gasteiger partial charge in [0.2, 0.25) is 0 Å². The Kier molecular flexibility index (Phi) is 4.98. The molecule has 0 aromatic carbocycles. The highest BCUT2D eigenvalue weighted by Crippen LogP contribution is 2.76. The maximum atomic E-state index is 12.7. The summed E-state index contributed by atoms with van der Waals surface area (Å²) in [4.78, 5) is 36.4. The molecule has 0 radical (unpaired) electrons. The maximum absolute atomic E-state index is 12.7. The summed E-state index contributed by atoms with van der Waals surface area (Å²) in [6.07, 6.45) is 5.78. The molecule has 0 bridgehead atoms. The van der Waals surface area contributed by atoms with Crippen LogP contribution in [0.25, 0.3) is 0 Å². The Bertz CT molecular complexity index is 840. The van der Waals surface area contributed by atoms with Gasteiger partial charge in [-0.1, -0.05) is 13.8 Å². The van der Waals surface area contributed by atoms with Gasteiger partial charge in [-0.25, -0.2) is 0 Å². The van der Waals surface area contributed by atoms with E-state index in [0.717, 1.165) is 32.1 Å². The van der Waals surface area contributed by atoms with Crippen molar-refractivity contribution in [1.82, 2.24) is 0 Å². The Labute approximate surface area is 189 Å². The topological polar surface area (TPSA) is 91.4 Å². The molecule has 1 saturated heterocycles. The molecule has 1 spiro atoms. The molecule has 10 atom stereocenters. The second-order valence-electron chi connectivity index (χ2n) is 11.4. The smallest absolute Gasteiger partial charge is 0.309 e. The average Bonchev–Trinajstić information content (AvgIpc) is 3.38. The molecule has 5 rings (SSSR count). The summed E-state index contributed by atoms with van der Waals surface area (Å²) in [5, 5.41) is 0. The molecule has 4 saturated carbocycles. The van der Waals surface area contributed by atoms with Gasteiger partial charge in [0.15, 0.2) is 0 Å². The van der Waals surface area contributed by atoms with Crippen molar-refractivity contribution in [3.05, 3.63) is 0 Å². The minimum Gasteiger partial charge on any atom is -0.469 e. The van der Waals surface area contributed by atoms with Gasteiger partial charge in [0.25, 0.3) is 0 Å². The predicted octanol–water partition coefficient (Wildman–Crippen LogP) is 3.42. The average molecular weight is 449 g/mol. The van der Waals surface area contributed by atoms with Crippen molar-refractivity contribution in [3.8, 4) is 0 Å². The van der Waals surface area contributed by atoms with E-state index in [1.165, 1.54) is 21.0 Å². The van der Waals surface area contributed by atoms with Crippen LogP contribution in [-0.4, -0.2) is 48.9 Å². The summed E-state index contributed by atoms with van der Waals surface area (Å²) in [5.41, 5.74) is -0.742. The van der Waals surface area contributed by atoms with E-state index in [4.69, 9.17) is 18.9 Å². The van der Waals surface area contributed by atoms with Crippen molar-refractivity contribution in [2.24, 2.45) is 34.5 Å². The molecule has 1 aliphatic heterocycles. The Balaban J connectivity index is 1.50. The highest BCUT2D eigenvalue weighted by Gasteiger charge is 2.83. The molecule has 4 aliphatic carbocycles. The van der Waals surface area contributed by atoms with Crippen LogP contribution in [0.15, 0.2) is 0 Å². The van der Waals surface area contributed by atoms with Crippen LogP contribution in [0, 0.1) is 34.5 Å². The molecule has 7 nitrogen and oxygen atoms in total. The predicted molar refractivity (Wildman–Crippen MR) is 113 cm³/mol. The molecule has 5 aliphatic rings. The number of ether oxygens (including phenoxy) is 4. The quantitative estimate of drug-likeness (QED) is 0.371. The molecule has 32 heavy (non-hydrogen) atoms. The van der Waals surface area contributed by atoms with Crippen LogP contribution in [0.5, 0.6) is 0 Å². The van der Waals surface area contributed by atoms with E-state index >= 15 is 0 Å². The molecule has 1 heterocycles. The standard InChI is InChI=1S/C25H36O7/c1-13(26)30-16-8-9-23(3)15(10-16)6-7-17-21(23)19(31-14(2)27)12-24(4)18(22(28)29-5)11-20-25(17,24)32-20/h15-21H,6-12H2,1-5H3/t15?,16?,17?,18?,19-,20+,21?,23?,24?,25+/m1/s1. The van der Waals surface area contributed by atoms with E-state index in [1.54, 1.807) is 0 Å². The van der Waals surface area contributed by atoms with Gasteiger partial charge in [-0.15, -0.1) is 0 Å². The third-order valence-electron chi connectivity index (χ3n) is 10.1. The number of rotatable bonds is 3. The Morgan fingerprint density at radius 1 is 0.969 bits per heavy atom. The first-order valence-corrected chi connectivity index (χ1v) is 12.2. The van der Waals surface area contributed by atoms with Gasteiger partial charge in [-0.3, -0.25) is 14.4 Å². The van der Waals surface area contributed by atoms with Gasteiger partial charge in [0.1, 0.15) is 17.8 Å². The lowest BCUT2D eigenvalue weighted by molar-refractivity contribution is -0.211. The summed E-state index contributed by atoms with van der Waals surface area (Å²) < 4.78 is 23.3. The largest absolute Gasteiger partial charge is 0.469 e. The van der Waals surface area contributed by atoms with Crippen molar-refractivity contribution >= 4 is 17.9 Å². The second-order valence-corrected chi connectivity index (χ2v) is 11.4. The zero-order valence-corrected chi connectivity index (χ0v) is 19.8. The number of hydrogen-bond acceptors (Lipinski definition) is 7. The van der Waals surface area contributed by atoms with Crippen LogP contribution < -0.4 is 0 Å². The lowest BCUT2D eigenvalue weighted by Gasteiger charge is -2.62. The lowest BCUT2D eigenvalue weighted by Crippen LogP contribution is -2.64. The molecule has 5 fully saturated rings. The van der Waals surface area contributed by atoms with Crippen LogP contribution in [0.2, 0.25) is 0 Å². The second kappa shape index (κ2) is 7.18. The molecule has 7 heteroatoms. The Hall–Kier alpha value is -1.63. The summed E-state index contributed by atoms with van der Waals surface area (Å²) in [7, 11) is 1.45. The van der Waals surface area contributed by atoms with Crippen molar-refractivity contribution in [2.75, 3.05) is 7.11 Å². The third-order valence-corrected chi connectivity index (χ3v) is 10.1. The number of epoxide rings is 1. The van der Waals surface area contributed by atoms with E-state index in [1.807, 2.05) is 0 Å². The molecule has 0 aromatic heterocycles. The summed E-state index contributed by atoms with van der Waals surface area (Å²) >= 11 is 0. The van der Waals surface area contributed by atoms with Gasteiger partial charge in [0, 0.05) is 25.2 Å². The molecule has 0 N–H and O–H groups in total. The molecule has 7 unspecified atom stereocenters. The Morgan fingerprint density at radius 3 is 2.34 bits per heavy atom. The fourth-order valence-corrected chi connectivity index (χ4v) is 8.89. The minimum absolute atomic E-state index is 0.0182. The van der Waals surface area contributed by atoms with Crippen molar-refractivity contribution < 1.29 is 33.3 Å². The van der Waals surface area contributed by atoms with E-state index in [-0.39, 0.29) is 65.0 Å². The first-order valence-electron chi connectivity index (χ1n) is 12.2. The van der Waals surface area contributed by atoms with Crippen LogP contribution in [-0.2, 0) is 33.3 Å². The zero-order valence-electron chi connectivity index (χ0n) is 19.8. The summed E-state index contributed by atoms with van der Waals surface area (Å²) in [6.45, 7) is 7.45. The molecule has 178 valence electrons.